The van der Waals surface area contributed by atoms with Crippen molar-refractivity contribution in [1.29, 1.82) is 0 Å². The minimum absolute atomic E-state index is 0.789. The zero-order valence-electron chi connectivity index (χ0n) is 7.65. The average molecular weight is 322 g/mol. The van der Waals surface area contributed by atoms with E-state index in [4.69, 9.17) is 0 Å². The molecule has 0 atom stereocenters. The van der Waals surface area contributed by atoms with Gasteiger partial charge in [-0.15, -0.1) is 0 Å². The Kier molecular flexibility index (Phi) is 3.38. The van der Waals surface area contributed by atoms with Gasteiger partial charge in [0.15, 0.2) is 0 Å². The van der Waals surface area contributed by atoms with Crippen LogP contribution in [0.2, 0.25) is 0 Å². The summed E-state index contributed by atoms with van der Waals surface area (Å²) in [6.45, 7) is 1.96. The van der Waals surface area contributed by atoms with Gasteiger partial charge in [0, 0.05) is 21.1 Å². The Labute approximate surface area is 101 Å². The lowest BCUT2D eigenvalue weighted by Crippen LogP contribution is -2.42. The van der Waals surface area contributed by atoms with E-state index in [1.807, 2.05) is 23.9 Å². The molecule has 14 heavy (non-hydrogen) atoms. The van der Waals surface area contributed by atoms with Crippen LogP contribution in [0.1, 0.15) is 0 Å². The molecule has 0 radical (unpaired) electrons. The van der Waals surface area contributed by atoms with Gasteiger partial charge >= 0.3 is 0 Å². The second-order valence-corrected chi connectivity index (χ2v) is 5.60. The molecule has 0 spiro atoms. The van der Waals surface area contributed by atoms with Gasteiger partial charge in [-0.3, -0.25) is 4.90 Å². The third-order valence-corrected chi connectivity index (χ3v) is 3.81. The van der Waals surface area contributed by atoms with Gasteiger partial charge < -0.3 is 5.21 Å². The Hall–Kier alpha value is -0.170. The largest absolute Gasteiger partial charge is 0.711 e. The predicted octanol–water partition coefficient (Wildman–Crippen LogP) is 1.48. The zero-order valence-corrected chi connectivity index (χ0v) is 10.6. The van der Waals surface area contributed by atoms with Crippen molar-refractivity contribution in [1.82, 2.24) is 0 Å². The summed E-state index contributed by atoms with van der Waals surface area (Å²) in [7, 11) is 0. The highest BCUT2D eigenvalue weighted by molar-refractivity contribution is 14.1. The lowest BCUT2D eigenvalue weighted by atomic mass is 10.4. The number of rotatable bonds is 1. The highest BCUT2D eigenvalue weighted by atomic mass is 127. The van der Waals surface area contributed by atoms with E-state index < -0.39 is 0 Å². The molecule has 1 aromatic heterocycles. The predicted molar refractivity (Wildman–Crippen MR) is 67.7 cm³/mol. The van der Waals surface area contributed by atoms with Crippen LogP contribution in [-0.4, -0.2) is 24.6 Å². The zero-order chi connectivity index (χ0) is 9.97. The molecule has 0 N–H and O–H groups in total. The second-order valence-electron chi connectivity index (χ2n) is 3.13. The van der Waals surface area contributed by atoms with Crippen molar-refractivity contribution in [2.45, 2.75) is 0 Å². The van der Waals surface area contributed by atoms with Gasteiger partial charge in [-0.05, 0) is 28.7 Å². The first kappa shape index (κ1) is 10.4. The number of halogens is 1. The molecule has 1 aliphatic heterocycles. The molecular weight excluding hydrogens is 311 g/mol. The topological polar surface area (TPSA) is 30.2 Å². The van der Waals surface area contributed by atoms with Gasteiger partial charge in [-0.1, -0.05) is 0 Å². The molecule has 0 aliphatic carbocycles. The van der Waals surface area contributed by atoms with Gasteiger partial charge in [0.1, 0.15) is 0 Å². The van der Waals surface area contributed by atoms with E-state index in [1.54, 1.807) is 6.20 Å². The van der Waals surface area contributed by atoms with Gasteiger partial charge in [-0.25, -0.2) is 4.73 Å². The van der Waals surface area contributed by atoms with Gasteiger partial charge in [0.2, 0.25) is 0 Å². The summed E-state index contributed by atoms with van der Waals surface area (Å²) < 4.78 is 2.07. The number of anilines is 1. The minimum atomic E-state index is 0.789. The molecule has 1 aromatic rings. The summed E-state index contributed by atoms with van der Waals surface area (Å²) in [5.41, 5.74) is 0. The van der Waals surface area contributed by atoms with Crippen molar-refractivity contribution in [3.63, 3.8) is 0 Å². The molecular formula is C9H11IN2OS. The van der Waals surface area contributed by atoms with E-state index in [1.165, 1.54) is 0 Å². The standard InChI is InChI=1S/C9H11IN2OS/c10-8-1-2-12(13)9(7-8)11-3-5-14-6-4-11/h1-2,7H,3-6H2. The number of hydrogen-bond donors (Lipinski definition) is 0. The van der Waals surface area contributed by atoms with E-state index in [-0.39, 0.29) is 0 Å². The smallest absolute Gasteiger partial charge is 0.280 e. The van der Waals surface area contributed by atoms with Crippen LogP contribution in [-0.2, 0) is 0 Å². The summed E-state index contributed by atoms with van der Waals surface area (Å²) in [5, 5.41) is 11.5. The van der Waals surface area contributed by atoms with Crippen LogP contribution in [0.15, 0.2) is 18.3 Å². The molecule has 0 amide bonds. The Morgan fingerprint density at radius 3 is 2.86 bits per heavy atom. The third-order valence-electron chi connectivity index (χ3n) is 2.20. The molecule has 1 fully saturated rings. The molecule has 0 aromatic carbocycles. The first-order valence-corrected chi connectivity index (χ1v) is 6.72. The van der Waals surface area contributed by atoms with Crippen LogP contribution in [0.3, 0.4) is 0 Å². The number of thioether (sulfide) groups is 1. The van der Waals surface area contributed by atoms with Gasteiger partial charge in [0.05, 0.1) is 19.3 Å². The maximum atomic E-state index is 11.5. The van der Waals surface area contributed by atoms with Crippen molar-refractivity contribution >= 4 is 40.2 Å². The summed E-state index contributed by atoms with van der Waals surface area (Å²) >= 11 is 4.18. The van der Waals surface area contributed by atoms with Crippen LogP contribution < -0.4 is 9.63 Å². The van der Waals surface area contributed by atoms with Crippen LogP contribution in [0.25, 0.3) is 0 Å². The molecule has 0 unspecified atom stereocenters. The molecule has 0 bridgehead atoms. The fraction of sp³-hybridized carbons (Fsp3) is 0.444. The van der Waals surface area contributed by atoms with Crippen molar-refractivity contribution in [2.24, 2.45) is 0 Å². The Morgan fingerprint density at radius 2 is 2.14 bits per heavy atom. The minimum Gasteiger partial charge on any atom is -0.711 e. The van der Waals surface area contributed by atoms with Crippen LogP contribution in [0.4, 0.5) is 5.82 Å². The number of pyridine rings is 1. The molecule has 5 heteroatoms. The van der Waals surface area contributed by atoms with E-state index in [2.05, 4.69) is 27.5 Å². The van der Waals surface area contributed by atoms with Gasteiger partial charge in [0.25, 0.3) is 5.82 Å². The lowest BCUT2D eigenvalue weighted by Gasteiger charge is -2.23. The van der Waals surface area contributed by atoms with Crippen molar-refractivity contribution in [2.75, 3.05) is 29.5 Å². The van der Waals surface area contributed by atoms with Crippen molar-refractivity contribution in [3.05, 3.63) is 27.1 Å². The third kappa shape index (κ3) is 2.25. The number of hydrogen-bond acceptors (Lipinski definition) is 3. The van der Waals surface area contributed by atoms with Crippen LogP contribution >= 0.6 is 34.4 Å². The molecule has 76 valence electrons. The molecule has 1 aliphatic rings. The highest BCUT2D eigenvalue weighted by Gasteiger charge is 2.19. The Balaban J connectivity index is 2.24. The molecule has 2 heterocycles. The Morgan fingerprint density at radius 1 is 1.43 bits per heavy atom. The van der Waals surface area contributed by atoms with E-state index in [0.717, 1.165) is 38.7 Å². The summed E-state index contributed by atoms with van der Waals surface area (Å²) in [5.74, 6) is 3.02. The fourth-order valence-corrected chi connectivity index (χ4v) is 2.82. The van der Waals surface area contributed by atoms with Crippen LogP contribution in [0.5, 0.6) is 0 Å². The quantitative estimate of drug-likeness (QED) is 0.446. The second kappa shape index (κ2) is 4.57. The van der Waals surface area contributed by atoms with Crippen molar-refractivity contribution in [3.8, 4) is 0 Å². The average Bonchev–Trinajstić information content (AvgIpc) is 2.23. The van der Waals surface area contributed by atoms with Crippen molar-refractivity contribution < 1.29 is 4.73 Å². The van der Waals surface area contributed by atoms with E-state index in [9.17, 15) is 5.21 Å². The highest BCUT2D eigenvalue weighted by Crippen LogP contribution is 2.17. The molecule has 2 rings (SSSR count). The molecule has 0 saturated carbocycles. The van der Waals surface area contributed by atoms with Gasteiger partial charge in [-0.2, -0.15) is 11.8 Å². The Bertz CT molecular complexity index is 329. The summed E-state index contributed by atoms with van der Waals surface area (Å²) in [6, 6.07) is 3.78. The first-order chi connectivity index (χ1) is 6.77. The number of nitrogens with zero attached hydrogens (tertiary/aromatic N) is 2. The maximum Gasteiger partial charge on any atom is 0.280 e. The normalized spacial score (nSPS) is 17.1. The maximum absolute atomic E-state index is 11.5. The summed E-state index contributed by atoms with van der Waals surface area (Å²) in [4.78, 5) is 2.16. The SMILES string of the molecule is [O-][n+]1ccc(I)cc1N1CCSCC1. The molecule has 3 nitrogen and oxygen atoms in total. The first-order valence-electron chi connectivity index (χ1n) is 4.49. The lowest BCUT2D eigenvalue weighted by molar-refractivity contribution is -0.592. The molecule has 1 saturated heterocycles. The number of aromatic nitrogens is 1. The fourth-order valence-electron chi connectivity index (χ4n) is 1.47. The van der Waals surface area contributed by atoms with E-state index >= 15 is 0 Å². The van der Waals surface area contributed by atoms with E-state index in [0.29, 0.717) is 0 Å². The summed E-state index contributed by atoms with van der Waals surface area (Å²) in [6.07, 6.45) is 1.58. The van der Waals surface area contributed by atoms with Crippen LogP contribution in [0, 0.1) is 8.78 Å². The monoisotopic (exact) mass is 322 g/mol.